The highest BCUT2D eigenvalue weighted by Gasteiger charge is 2.60. The number of nitrogens with zero attached hydrogens (tertiary/aromatic N) is 1. The van der Waals surface area contributed by atoms with Crippen LogP contribution in [0.25, 0.3) is 11.1 Å². The summed E-state index contributed by atoms with van der Waals surface area (Å²) in [6.45, 7) is 0.872. The Morgan fingerprint density at radius 1 is 0.935 bits per heavy atom. The number of carboxylic acids is 1. The van der Waals surface area contributed by atoms with Gasteiger partial charge in [-0.2, -0.15) is 0 Å². The average Bonchev–Trinajstić information content (AvgIpc) is 3.05. The topological polar surface area (TPSA) is 87.1 Å². The molecule has 5 rings (SSSR count). The van der Waals surface area contributed by atoms with Crippen LogP contribution in [0, 0.1) is 5.41 Å². The number of benzene rings is 2. The van der Waals surface area contributed by atoms with Crippen LogP contribution in [-0.4, -0.2) is 52.5 Å². The number of rotatable bonds is 4. The monoisotopic (exact) mass is 421 g/mol. The molecule has 1 heterocycles. The van der Waals surface area contributed by atoms with Gasteiger partial charge in [0.05, 0.1) is 11.0 Å². The number of likely N-dealkylation sites (tertiary alicyclic amines) is 1. The Labute approximate surface area is 181 Å². The normalized spacial score (nSPS) is 21.0. The molecule has 0 aromatic heterocycles. The van der Waals surface area contributed by atoms with E-state index < -0.39 is 23.1 Å². The molecule has 2 aromatic carbocycles. The summed E-state index contributed by atoms with van der Waals surface area (Å²) in [5, 5.41) is 20.7. The number of ether oxygens (including phenoxy) is 1. The van der Waals surface area contributed by atoms with Crippen molar-refractivity contribution in [3.05, 3.63) is 59.7 Å². The minimum atomic E-state index is -1.25. The molecule has 1 amide bonds. The number of carbonyl (C=O) groups excluding carboxylic acids is 1. The number of hydrogen-bond acceptors (Lipinski definition) is 4. The lowest BCUT2D eigenvalue weighted by atomic mass is 9.56. The van der Waals surface area contributed by atoms with Crippen LogP contribution in [0.15, 0.2) is 48.5 Å². The molecule has 1 saturated heterocycles. The molecular weight excluding hydrogens is 394 g/mol. The van der Waals surface area contributed by atoms with Gasteiger partial charge in [0, 0.05) is 19.0 Å². The van der Waals surface area contributed by atoms with Crippen LogP contribution in [0.4, 0.5) is 4.79 Å². The molecule has 6 heteroatoms. The Morgan fingerprint density at radius 3 is 1.97 bits per heavy atom. The van der Waals surface area contributed by atoms with Gasteiger partial charge >= 0.3 is 12.1 Å². The van der Waals surface area contributed by atoms with Gasteiger partial charge in [0.15, 0.2) is 0 Å². The van der Waals surface area contributed by atoms with Crippen LogP contribution in [0.3, 0.4) is 0 Å². The van der Waals surface area contributed by atoms with Gasteiger partial charge in [-0.15, -0.1) is 0 Å². The van der Waals surface area contributed by atoms with Crippen molar-refractivity contribution in [1.29, 1.82) is 0 Å². The number of carboxylic acid groups (broad SMARTS) is 1. The fraction of sp³-hybridized carbons (Fsp3) is 0.440. The quantitative estimate of drug-likeness (QED) is 0.779. The molecular formula is C25H27NO5. The van der Waals surface area contributed by atoms with Crippen LogP contribution in [-0.2, 0) is 9.53 Å². The highest BCUT2D eigenvalue weighted by Crippen LogP contribution is 2.53. The minimum Gasteiger partial charge on any atom is -0.481 e. The van der Waals surface area contributed by atoms with Crippen LogP contribution in [0.5, 0.6) is 0 Å². The number of aliphatic carboxylic acids is 1. The number of hydrogen-bond donors (Lipinski definition) is 2. The molecule has 0 radical (unpaired) electrons. The smallest absolute Gasteiger partial charge is 0.409 e. The molecule has 2 N–H and O–H groups in total. The molecule has 2 fully saturated rings. The Kier molecular flexibility index (Phi) is 4.77. The van der Waals surface area contributed by atoms with E-state index in [1.807, 2.05) is 24.3 Å². The SMILES string of the molecule is O=C(OCC1c2ccccc2-c2ccccc21)N1CCC(O)(C2(C(=O)O)CCC2)CC1. The van der Waals surface area contributed by atoms with E-state index in [1.54, 1.807) is 4.90 Å². The van der Waals surface area contributed by atoms with Crippen LogP contribution >= 0.6 is 0 Å². The van der Waals surface area contributed by atoms with Gasteiger partial charge in [-0.25, -0.2) is 4.79 Å². The predicted octanol–water partition coefficient (Wildman–Crippen LogP) is 4.02. The minimum absolute atomic E-state index is 0.00308. The largest absolute Gasteiger partial charge is 0.481 e. The summed E-state index contributed by atoms with van der Waals surface area (Å²) in [7, 11) is 0. The summed E-state index contributed by atoms with van der Waals surface area (Å²) < 4.78 is 5.71. The Morgan fingerprint density at radius 2 is 1.48 bits per heavy atom. The van der Waals surface area contributed by atoms with Gasteiger partial charge < -0.3 is 19.8 Å². The van der Waals surface area contributed by atoms with Crippen molar-refractivity contribution in [3.8, 4) is 11.1 Å². The van der Waals surface area contributed by atoms with E-state index in [4.69, 9.17) is 4.74 Å². The van der Waals surface area contributed by atoms with Crippen LogP contribution in [0.2, 0.25) is 0 Å². The summed E-state index contributed by atoms with van der Waals surface area (Å²) in [6.07, 6.45) is 1.97. The van der Waals surface area contributed by atoms with Crippen LogP contribution in [0.1, 0.15) is 49.1 Å². The van der Waals surface area contributed by atoms with E-state index in [1.165, 1.54) is 11.1 Å². The van der Waals surface area contributed by atoms with E-state index in [0.717, 1.165) is 17.5 Å². The molecule has 0 spiro atoms. The molecule has 2 aliphatic carbocycles. The molecule has 2 aromatic rings. The van der Waals surface area contributed by atoms with E-state index in [-0.39, 0.29) is 25.4 Å². The van der Waals surface area contributed by atoms with Gasteiger partial charge in [0.1, 0.15) is 6.61 Å². The summed E-state index contributed by atoms with van der Waals surface area (Å²) in [5.74, 6) is -0.917. The summed E-state index contributed by atoms with van der Waals surface area (Å²) in [4.78, 5) is 26.2. The number of fused-ring (bicyclic) bond motifs is 3. The van der Waals surface area contributed by atoms with E-state index in [9.17, 15) is 19.8 Å². The first-order valence-electron chi connectivity index (χ1n) is 11.0. The Bertz CT molecular complexity index is 975. The first kappa shape index (κ1) is 20.1. The van der Waals surface area contributed by atoms with Crippen molar-refractivity contribution in [2.45, 2.75) is 43.6 Å². The lowest BCUT2D eigenvalue weighted by Gasteiger charge is -2.52. The van der Waals surface area contributed by atoms with Crippen molar-refractivity contribution < 1.29 is 24.5 Å². The molecule has 0 bridgehead atoms. The Balaban J connectivity index is 1.24. The van der Waals surface area contributed by atoms with Gasteiger partial charge in [0.25, 0.3) is 0 Å². The highest BCUT2D eigenvalue weighted by molar-refractivity contribution is 5.79. The molecule has 3 aliphatic rings. The zero-order chi connectivity index (χ0) is 21.6. The number of amides is 1. The summed E-state index contributed by atoms with van der Waals surface area (Å²) in [6, 6.07) is 16.4. The van der Waals surface area contributed by atoms with Gasteiger partial charge in [0.2, 0.25) is 0 Å². The first-order chi connectivity index (χ1) is 15.0. The van der Waals surface area contributed by atoms with Gasteiger partial charge in [-0.05, 0) is 47.9 Å². The summed E-state index contributed by atoms with van der Waals surface area (Å²) >= 11 is 0. The lowest BCUT2D eigenvalue weighted by Crippen LogP contribution is -2.61. The maximum absolute atomic E-state index is 12.8. The van der Waals surface area contributed by atoms with Crippen LogP contribution < -0.4 is 0 Å². The molecule has 1 saturated carbocycles. The molecule has 0 atom stereocenters. The van der Waals surface area contributed by atoms with Crippen molar-refractivity contribution in [2.75, 3.05) is 19.7 Å². The third-order valence-corrected chi connectivity index (χ3v) is 7.69. The predicted molar refractivity (Wildman–Crippen MR) is 115 cm³/mol. The maximum Gasteiger partial charge on any atom is 0.409 e. The number of carbonyl (C=O) groups is 2. The number of aliphatic hydroxyl groups is 1. The van der Waals surface area contributed by atoms with E-state index in [0.29, 0.717) is 25.9 Å². The molecule has 162 valence electrons. The fourth-order valence-electron chi connectivity index (χ4n) is 5.63. The second-order valence-electron chi connectivity index (χ2n) is 9.06. The zero-order valence-electron chi connectivity index (χ0n) is 17.4. The van der Waals surface area contributed by atoms with Crippen molar-refractivity contribution >= 4 is 12.1 Å². The highest BCUT2D eigenvalue weighted by atomic mass is 16.6. The second kappa shape index (κ2) is 7.38. The Hall–Kier alpha value is -2.86. The summed E-state index contributed by atoms with van der Waals surface area (Å²) in [5.41, 5.74) is 2.39. The molecule has 0 unspecified atom stereocenters. The van der Waals surface area contributed by atoms with Crippen molar-refractivity contribution in [2.24, 2.45) is 5.41 Å². The molecule has 6 nitrogen and oxygen atoms in total. The van der Waals surface area contributed by atoms with E-state index in [2.05, 4.69) is 24.3 Å². The van der Waals surface area contributed by atoms with Gasteiger partial charge in [-0.3, -0.25) is 4.79 Å². The molecule has 1 aliphatic heterocycles. The fourth-order valence-corrected chi connectivity index (χ4v) is 5.63. The van der Waals surface area contributed by atoms with Crippen molar-refractivity contribution in [1.82, 2.24) is 4.90 Å². The third kappa shape index (κ3) is 3.04. The zero-order valence-corrected chi connectivity index (χ0v) is 17.4. The van der Waals surface area contributed by atoms with Gasteiger partial charge in [-0.1, -0.05) is 55.0 Å². The average molecular weight is 421 g/mol. The van der Waals surface area contributed by atoms with E-state index >= 15 is 0 Å². The standard InChI is InChI=1S/C25H27NO5/c27-22(28)24(10-5-11-24)25(30)12-14-26(15-13-25)23(29)31-16-21-19-8-3-1-6-17(19)18-7-2-4-9-20(18)21/h1-4,6-9,21,30H,5,10-16H2,(H,27,28). The second-order valence-corrected chi connectivity index (χ2v) is 9.06. The van der Waals surface area contributed by atoms with Crippen molar-refractivity contribution in [3.63, 3.8) is 0 Å². The maximum atomic E-state index is 12.8. The molecule has 31 heavy (non-hydrogen) atoms. The first-order valence-corrected chi connectivity index (χ1v) is 11.0. The third-order valence-electron chi connectivity index (χ3n) is 7.69. The lowest BCUT2D eigenvalue weighted by molar-refractivity contribution is -0.192. The number of piperidine rings is 1.